The number of hydrogen-bond donors (Lipinski definition) is 0. The van der Waals surface area contributed by atoms with Crippen molar-refractivity contribution in [2.24, 2.45) is 0 Å². The lowest BCUT2D eigenvalue weighted by Gasteiger charge is -2.24. The minimum absolute atomic E-state index is 0.406. The van der Waals surface area contributed by atoms with Crippen molar-refractivity contribution < 1.29 is 4.74 Å². The van der Waals surface area contributed by atoms with Gasteiger partial charge in [0.2, 0.25) is 0 Å². The van der Waals surface area contributed by atoms with Gasteiger partial charge in [-0.05, 0) is 26.1 Å². The number of aromatic nitrogens is 3. The third-order valence-electron chi connectivity index (χ3n) is 3.70. The van der Waals surface area contributed by atoms with Crippen LogP contribution in [-0.2, 0) is 24.1 Å². The van der Waals surface area contributed by atoms with Gasteiger partial charge in [0, 0.05) is 62.4 Å². The van der Waals surface area contributed by atoms with Gasteiger partial charge in [0.1, 0.15) is 5.82 Å². The Labute approximate surface area is 132 Å². The van der Waals surface area contributed by atoms with Crippen LogP contribution in [0.5, 0.6) is 0 Å². The van der Waals surface area contributed by atoms with Gasteiger partial charge in [0.25, 0.3) is 0 Å². The molecule has 118 valence electrons. The highest BCUT2D eigenvalue weighted by molar-refractivity contribution is 5.07. The Morgan fingerprint density at radius 1 is 1.18 bits per heavy atom. The van der Waals surface area contributed by atoms with Crippen molar-refractivity contribution in [3.05, 3.63) is 53.9 Å². The molecule has 0 fully saturated rings. The number of ether oxygens (including phenoxy) is 1. The van der Waals surface area contributed by atoms with Gasteiger partial charge in [0.15, 0.2) is 0 Å². The van der Waals surface area contributed by atoms with Crippen LogP contribution in [0.25, 0.3) is 0 Å². The molecule has 0 saturated heterocycles. The highest BCUT2D eigenvalue weighted by Crippen LogP contribution is 2.09. The fourth-order valence-electron chi connectivity index (χ4n) is 2.21. The molecule has 0 aliphatic heterocycles. The van der Waals surface area contributed by atoms with E-state index in [2.05, 4.69) is 39.9 Å². The summed E-state index contributed by atoms with van der Waals surface area (Å²) in [7, 11) is 3.80. The van der Waals surface area contributed by atoms with Crippen molar-refractivity contribution in [2.45, 2.75) is 32.4 Å². The Balaban J connectivity index is 1.86. The van der Waals surface area contributed by atoms with Crippen LogP contribution in [0.2, 0.25) is 0 Å². The molecule has 0 aliphatic rings. The van der Waals surface area contributed by atoms with Crippen LogP contribution >= 0.6 is 0 Å². The summed E-state index contributed by atoms with van der Waals surface area (Å²) in [6.45, 7) is 3.70. The summed E-state index contributed by atoms with van der Waals surface area (Å²) in [6.07, 6.45) is 7.34. The lowest BCUT2D eigenvalue weighted by Crippen LogP contribution is -2.30. The van der Waals surface area contributed by atoms with Gasteiger partial charge in [-0.3, -0.25) is 9.88 Å². The Kier molecular flexibility index (Phi) is 6.43. The van der Waals surface area contributed by atoms with E-state index >= 15 is 0 Å². The Morgan fingerprint density at radius 3 is 2.59 bits per heavy atom. The average Bonchev–Trinajstić information content (AvgIpc) is 2.55. The van der Waals surface area contributed by atoms with Gasteiger partial charge in [-0.1, -0.05) is 6.07 Å². The Bertz CT molecular complexity index is 544. The van der Waals surface area contributed by atoms with E-state index in [1.807, 2.05) is 30.7 Å². The van der Waals surface area contributed by atoms with Gasteiger partial charge >= 0.3 is 0 Å². The number of rotatable bonds is 8. The molecule has 22 heavy (non-hydrogen) atoms. The molecule has 0 saturated carbocycles. The standard InChI is InChI=1S/C17H24N4O/c1-14(10-16-6-4-5-8-18-16)21(2)13-15-11-19-17(20-12-15)7-9-22-3/h4-6,8,11-12,14H,7,9-10,13H2,1-3H3. The van der Waals surface area contributed by atoms with Gasteiger partial charge in [-0.25, -0.2) is 9.97 Å². The van der Waals surface area contributed by atoms with Crippen molar-refractivity contribution in [3.8, 4) is 0 Å². The smallest absolute Gasteiger partial charge is 0.130 e. The molecule has 1 unspecified atom stereocenters. The molecule has 2 heterocycles. The minimum atomic E-state index is 0.406. The fraction of sp³-hybridized carbons (Fsp3) is 0.471. The van der Waals surface area contributed by atoms with E-state index in [9.17, 15) is 0 Å². The summed E-state index contributed by atoms with van der Waals surface area (Å²) in [6, 6.07) is 6.45. The van der Waals surface area contributed by atoms with E-state index in [1.165, 1.54) is 0 Å². The second-order valence-corrected chi connectivity index (χ2v) is 5.54. The maximum absolute atomic E-state index is 5.03. The number of methoxy groups -OCH3 is 1. The van der Waals surface area contributed by atoms with E-state index in [1.54, 1.807) is 7.11 Å². The quantitative estimate of drug-likeness (QED) is 0.747. The molecule has 2 aromatic rings. The van der Waals surface area contributed by atoms with Crippen molar-refractivity contribution in [2.75, 3.05) is 20.8 Å². The molecule has 2 rings (SSSR count). The average molecular weight is 300 g/mol. The predicted octanol–water partition coefficient (Wildman–Crippen LogP) is 2.12. The van der Waals surface area contributed by atoms with Crippen molar-refractivity contribution in [1.82, 2.24) is 19.9 Å². The third kappa shape index (κ3) is 5.16. The summed E-state index contributed by atoms with van der Waals surface area (Å²) in [4.78, 5) is 15.4. The van der Waals surface area contributed by atoms with Crippen LogP contribution < -0.4 is 0 Å². The maximum atomic E-state index is 5.03. The van der Waals surface area contributed by atoms with Crippen molar-refractivity contribution >= 4 is 0 Å². The molecule has 1 atom stereocenters. The molecule has 0 amide bonds. The van der Waals surface area contributed by atoms with Crippen molar-refractivity contribution in [3.63, 3.8) is 0 Å². The highest BCUT2D eigenvalue weighted by Gasteiger charge is 2.11. The van der Waals surface area contributed by atoms with Crippen LogP contribution in [0, 0.1) is 0 Å². The largest absolute Gasteiger partial charge is 0.384 e. The zero-order valence-electron chi connectivity index (χ0n) is 13.6. The highest BCUT2D eigenvalue weighted by atomic mass is 16.5. The Morgan fingerprint density at radius 2 is 1.95 bits per heavy atom. The first-order chi connectivity index (χ1) is 10.7. The minimum Gasteiger partial charge on any atom is -0.384 e. The molecule has 0 bridgehead atoms. The number of likely N-dealkylation sites (N-methyl/N-ethyl adjacent to an activating group) is 1. The van der Waals surface area contributed by atoms with Gasteiger partial charge in [-0.15, -0.1) is 0 Å². The van der Waals surface area contributed by atoms with Crippen molar-refractivity contribution in [1.29, 1.82) is 0 Å². The topological polar surface area (TPSA) is 51.1 Å². The van der Waals surface area contributed by atoms with E-state index < -0.39 is 0 Å². The first-order valence-electron chi connectivity index (χ1n) is 7.58. The summed E-state index contributed by atoms with van der Waals surface area (Å²) < 4.78 is 5.03. The Hall–Kier alpha value is -1.85. The molecular weight excluding hydrogens is 276 g/mol. The zero-order valence-corrected chi connectivity index (χ0v) is 13.6. The number of nitrogens with zero attached hydrogens (tertiary/aromatic N) is 4. The van der Waals surface area contributed by atoms with Gasteiger partial charge in [-0.2, -0.15) is 0 Å². The normalized spacial score (nSPS) is 12.5. The van der Waals surface area contributed by atoms with Crippen LogP contribution in [0.3, 0.4) is 0 Å². The first kappa shape index (κ1) is 16.5. The molecule has 0 radical (unpaired) electrons. The van der Waals surface area contributed by atoms with E-state index in [0.29, 0.717) is 12.6 Å². The molecular formula is C17H24N4O. The number of hydrogen-bond acceptors (Lipinski definition) is 5. The second kappa shape index (κ2) is 8.56. The lowest BCUT2D eigenvalue weighted by molar-refractivity contribution is 0.200. The summed E-state index contributed by atoms with van der Waals surface area (Å²) >= 11 is 0. The van der Waals surface area contributed by atoms with Gasteiger partial charge < -0.3 is 4.74 Å². The molecule has 0 N–H and O–H groups in total. The summed E-state index contributed by atoms with van der Waals surface area (Å²) in [5, 5.41) is 0. The van der Waals surface area contributed by atoms with Gasteiger partial charge in [0.05, 0.1) is 6.61 Å². The zero-order chi connectivity index (χ0) is 15.8. The molecule has 0 spiro atoms. The van der Waals surface area contributed by atoms with E-state index in [4.69, 9.17) is 4.74 Å². The molecule has 0 aromatic carbocycles. The number of pyridine rings is 1. The lowest BCUT2D eigenvalue weighted by atomic mass is 10.1. The van der Waals surface area contributed by atoms with Crippen LogP contribution in [0.15, 0.2) is 36.8 Å². The third-order valence-corrected chi connectivity index (χ3v) is 3.70. The summed E-state index contributed by atoms with van der Waals surface area (Å²) in [5.41, 5.74) is 2.24. The van der Waals surface area contributed by atoms with E-state index in [0.717, 1.165) is 36.5 Å². The predicted molar refractivity (Wildman–Crippen MR) is 86.5 cm³/mol. The van der Waals surface area contributed by atoms with Crippen LogP contribution in [0.4, 0.5) is 0 Å². The monoisotopic (exact) mass is 300 g/mol. The first-order valence-corrected chi connectivity index (χ1v) is 7.58. The van der Waals surface area contributed by atoms with Crippen LogP contribution in [-0.4, -0.2) is 46.7 Å². The second-order valence-electron chi connectivity index (χ2n) is 5.54. The maximum Gasteiger partial charge on any atom is 0.130 e. The molecule has 5 heteroatoms. The molecule has 5 nitrogen and oxygen atoms in total. The van der Waals surface area contributed by atoms with E-state index in [-0.39, 0.29) is 0 Å². The molecule has 0 aliphatic carbocycles. The summed E-state index contributed by atoms with van der Waals surface area (Å²) in [5.74, 6) is 0.829. The molecule has 2 aromatic heterocycles. The SMILES string of the molecule is COCCc1ncc(CN(C)C(C)Cc2ccccn2)cn1. The fourth-order valence-corrected chi connectivity index (χ4v) is 2.21. The van der Waals surface area contributed by atoms with Crippen LogP contribution in [0.1, 0.15) is 24.0 Å².